The number of nitrogens with zero attached hydrogens (tertiary/aromatic N) is 2. The number of benzene rings is 2. The van der Waals surface area contributed by atoms with Crippen LogP contribution in [0.1, 0.15) is 47.4 Å². The third-order valence-electron chi connectivity index (χ3n) is 6.02. The summed E-state index contributed by atoms with van der Waals surface area (Å²) in [5.74, 6) is 0.0980. The zero-order valence-electron chi connectivity index (χ0n) is 19.6. The summed E-state index contributed by atoms with van der Waals surface area (Å²) in [6, 6.07) is 9.96. The number of rotatable bonds is 9. The average Bonchev–Trinajstić information content (AvgIpc) is 2.85. The van der Waals surface area contributed by atoms with Crippen molar-refractivity contribution in [2.75, 3.05) is 25.0 Å². The largest absolute Gasteiger partial charge is 0.493 e. The molecule has 1 N–H and O–H groups in total. The van der Waals surface area contributed by atoms with Crippen LogP contribution in [0.15, 0.2) is 59.8 Å². The number of hydrogen-bond donors (Lipinski definition) is 1. The summed E-state index contributed by atoms with van der Waals surface area (Å²) < 4.78 is 79.1. The summed E-state index contributed by atoms with van der Waals surface area (Å²) in [5.41, 5.74) is 1.46. The molecule has 1 aliphatic rings. The lowest BCUT2D eigenvalue weighted by molar-refractivity contribution is -0.137. The zero-order valence-corrected chi connectivity index (χ0v) is 20.4. The zero-order chi connectivity index (χ0) is 25.8. The van der Waals surface area contributed by atoms with Gasteiger partial charge in [-0.15, -0.1) is 0 Å². The van der Waals surface area contributed by atoms with Crippen LogP contribution in [-0.2, 0) is 27.4 Å². The molecular weight excluding hydrogens is 495 g/mol. The quantitative estimate of drug-likeness (QED) is 0.390. The molecule has 0 saturated heterocycles. The van der Waals surface area contributed by atoms with E-state index in [0.717, 1.165) is 23.6 Å². The summed E-state index contributed by atoms with van der Waals surface area (Å²) in [4.78, 5) is 7.73. The number of fused-ring (bicyclic) bond motifs is 1. The summed E-state index contributed by atoms with van der Waals surface area (Å²) in [5, 5.41) is 0. The Morgan fingerprint density at radius 1 is 1.08 bits per heavy atom. The number of sulfonamides is 1. The molecule has 192 valence electrons. The highest BCUT2D eigenvalue weighted by molar-refractivity contribution is 7.92. The van der Waals surface area contributed by atoms with Crippen LogP contribution in [-0.4, -0.2) is 38.7 Å². The predicted octanol–water partition coefficient (Wildman–Crippen LogP) is 5.18. The van der Waals surface area contributed by atoms with Gasteiger partial charge in [-0.05, 0) is 61.1 Å². The van der Waals surface area contributed by atoms with Crippen molar-refractivity contribution in [3.8, 4) is 5.75 Å². The van der Waals surface area contributed by atoms with Crippen molar-refractivity contribution in [2.45, 2.75) is 42.7 Å². The molecule has 2 aromatic carbocycles. The van der Waals surface area contributed by atoms with Crippen molar-refractivity contribution in [3.63, 3.8) is 0 Å². The van der Waals surface area contributed by atoms with Gasteiger partial charge in [0.2, 0.25) is 5.95 Å². The lowest BCUT2D eigenvalue weighted by atomic mass is 9.82. The topological polar surface area (TPSA) is 90.4 Å². The van der Waals surface area contributed by atoms with Crippen LogP contribution in [0.3, 0.4) is 0 Å². The number of ether oxygens (including phenoxy) is 2. The van der Waals surface area contributed by atoms with Gasteiger partial charge in [0.05, 0.1) is 17.1 Å². The molecule has 0 aliphatic carbocycles. The summed E-state index contributed by atoms with van der Waals surface area (Å²) in [6.45, 7) is 0.842. The second-order valence-electron chi connectivity index (χ2n) is 8.43. The summed E-state index contributed by atoms with van der Waals surface area (Å²) >= 11 is 0. The van der Waals surface area contributed by atoms with Crippen LogP contribution in [0.4, 0.5) is 19.1 Å². The number of hydrogen-bond acceptors (Lipinski definition) is 6. The average molecular weight is 522 g/mol. The molecule has 0 bridgehead atoms. The van der Waals surface area contributed by atoms with E-state index in [0.29, 0.717) is 43.8 Å². The highest BCUT2D eigenvalue weighted by atomic mass is 32.2. The lowest BCUT2D eigenvalue weighted by Gasteiger charge is -2.29. The van der Waals surface area contributed by atoms with E-state index in [-0.39, 0.29) is 16.8 Å². The number of methoxy groups -OCH3 is 1. The van der Waals surface area contributed by atoms with Crippen LogP contribution >= 0.6 is 0 Å². The van der Waals surface area contributed by atoms with Crippen LogP contribution in [0, 0.1) is 0 Å². The van der Waals surface area contributed by atoms with Crippen LogP contribution in [0.2, 0.25) is 0 Å². The molecule has 11 heteroatoms. The Morgan fingerprint density at radius 2 is 1.83 bits per heavy atom. The van der Waals surface area contributed by atoms with Crippen LogP contribution in [0.25, 0.3) is 0 Å². The molecule has 3 aromatic rings. The van der Waals surface area contributed by atoms with Crippen molar-refractivity contribution in [1.29, 1.82) is 0 Å². The van der Waals surface area contributed by atoms with E-state index < -0.39 is 21.8 Å². The van der Waals surface area contributed by atoms with Gasteiger partial charge < -0.3 is 9.47 Å². The van der Waals surface area contributed by atoms with E-state index in [9.17, 15) is 21.6 Å². The first-order chi connectivity index (χ1) is 17.2. The van der Waals surface area contributed by atoms with Gasteiger partial charge in [-0.25, -0.2) is 23.1 Å². The van der Waals surface area contributed by atoms with Crippen molar-refractivity contribution in [1.82, 2.24) is 9.97 Å². The van der Waals surface area contributed by atoms with E-state index >= 15 is 0 Å². The number of anilines is 1. The number of nitrogens with one attached hydrogen (secondary N) is 1. The lowest BCUT2D eigenvalue weighted by Crippen LogP contribution is -2.19. The monoisotopic (exact) mass is 521 g/mol. The Kier molecular flexibility index (Phi) is 7.79. The summed E-state index contributed by atoms with van der Waals surface area (Å²) in [7, 11) is -2.38. The molecule has 2 heterocycles. The van der Waals surface area contributed by atoms with E-state index in [1.54, 1.807) is 19.2 Å². The van der Waals surface area contributed by atoms with Crippen molar-refractivity contribution < 1.29 is 31.1 Å². The predicted molar refractivity (Wildman–Crippen MR) is 127 cm³/mol. The smallest absolute Gasteiger partial charge is 0.416 e. The Balaban J connectivity index is 1.66. The first-order valence-electron chi connectivity index (χ1n) is 11.4. The summed E-state index contributed by atoms with van der Waals surface area (Å²) in [6.07, 6.45) is 0.851. The molecular formula is C25H26F3N3O4S. The van der Waals surface area contributed by atoms with Crippen LogP contribution < -0.4 is 9.46 Å². The number of halogens is 3. The molecule has 0 radical (unpaired) electrons. The second kappa shape index (κ2) is 10.8. The minimum absolute atomic E-state index is 0.0263. The molecule has 1 atom stereocenters. The normalized spacial score (nSPS) is 15.7. The number of aromatic nitrogens is 2. The molecule has 1 aromatic heterocycles. The Labute approximate surface area is 207 Å². The number of alkyl halides is 3. The third kappa shape index (κ3) is 5.96. The molecule has 36 heavy (non-hydrogen) atoms. The first-order valence-corrected chi connectivity index (χ1v) is 12.9. The van der Waals surface area contributed by atoms with Gasteiger partial charge in [0, 0.05) is 43.7 Å². The van der Waals surface area contributed by atoms with Gasteiger partial charge in [-0.1, -0.05) is 12.1 Å². The van der Waals surface area contributed by atoms with E-state index in [2.05, 4.69) is 14.7 Å². The van der Waals surface area contributed by atoms with E-state index in [1.807, 2.05) is 0 Å². The maximum absolute atomic E-state index is 13.4. The van der Waals surface area contributed by atoms with Gasteiger partial charge in [0.15, 0.2) is 0 Å². The Hall–Kier alpha value is -3.18. The van der Waals surface area contributed by atoms with Gasteiger partial charge >= 0.3 is 6.18 Å². The van der Waals surface area contributed by atoms with E-state index in [1.165, 1.54) is 36.7 Å². The molecule has 0 saturated carbocycles. The fraction of sp³-hybridized carbons (Fsp3) is 0.360. The first kappa shape index (κ1) is 25.9. The highest BCUT2D eigenvalue weighted by Gasteiger charge is 2.33. The molecule has 7 nitrogen and oxygen atoms in total. The second-order valence-corrected chi connectivity index (χ2v) is 10.1. The molecule has 0 fully saturated rings. The minimum Gasteiger partial charge on any atom is -0.493 e. The SMILES string of the molecule is COCCCCc1cc(C(F)(F)F)ccc1[C@@H]1CCOc2cc(S(=O)(=O)Nc3ncccn3)ccc21. The fourth-order valence-corrected chi connectivity index (χ4v) is 5.26. The fourth-order valence-electron chi connectivity index (χ4n) is 4.29. The third-order valence-corrected chi connectivity index (χ3v) is 7.34. The van der Waals surface area contributed by atoms with Gasteiger partial charge in [-0.3, -0.25) is 0 Å². The van der Waals surface area contributed by atoms with Gasteiger partial charge in [0.25, 0.3) is 10.0 Å². The van der Waals surface area contributed by atoms with Crippen molar-refractivity contribution >= 4 is 16.0 Å². The van der Waals surface area contributed by atoms with Crippen LogP contribution in [0.5, 0.6) is 5.75 Å². The Morgan fingerprint density at radius 3 is 2.56 bits per heavy atom. The highest BCUT2D eigenvalue weighted by Crippen LogP contribution is 2.42. The molecule has 4 rings (SSSR count). The van der Waals surface area contributed by atoms with E-state index in [4.69, 9.17) is 9.47 Å². The maximum Gasteiger partial charge on any atom is 0.416 e. The van der Waals surface area contributed by atoms with Gasteiger partial charge in [-0.2, -0.15) is 13.2 Å². The standard InChI is InChI=1S/C25H26F3N3O4S/c1-34-13-3-2-5-17-15-18(25(26,27)28)6-8-20(17)21-10-14-35-23-16-19(7-9-22(21)23)36(32,33)31-24-29-11-4-12-30-24/h4,6-9,11-12,15-16,21H,2-3,5,10,13-14H2,1H3,(H,29,30,31)/t21-/m0/s1. The number of aryl methyl sites for hydroxylation is 1. The molecule has 0 spiro atoms. The number of unbranched alkanes of at least 4 members (excludes halogenated alkanes) is 1. The maximum atomic E-state index is 13.4. The molecule has 1 aliphatic heterocycles. The minimum atomic E-state index is -4.44. The molecule has 0 unspecified atom stereocenters. The molecule has 0 amide bonds. The Bertz CT molecular complexity index is 1300. The van der Waals surface area contributed by atoms with Crippen molar-refractivity contribution in [2.24, 2.45) is 0 Å². The van der Waals surface area contributed by atoms with Gasteiger partial charge in [0.1, 0.15) is 5.75 Å². The van der Waals surface area contributed by atoms with Crippen molar-refractivity contribution in [3.05, 3.63) is 77.1 Å².